The minimum absolute atomic E-state index is 0.0240. The van der Waals surface area contributed by atoms with Crippen molar-refractivity contribution >= 4 is 0 Å². The van der Waals surface area contributed by atoms with Crippen LogP contribution in [-0.4, -0.2) is 18.8 Å². The lowest BCUT2D eigenvalue weighted by Gasteiger charge is -2.30. The van der Waals surface area contributed by atoms with E-state index in [2.05, 4.69) is 5.32 Å². The van der Waals surface area contributed by atoms with E-state index in [-0.39, 0.29) is 12.3 Å². The van der Waals surface area contributed by atoms with Gasteiger partial charge in [0.2, 0.25) is 0 Å². The largest absolute Gasteiger partial charge is 0.403 e. The van der Waals surface area contributed by atoms with Crippen molar-refractivity contribution in [3.05, 3.63) is 35.4 Å². The predicted molar refractivity (Wildman–Crippen MR) is 74.9 cm³/mol. The second kappa shape index (κ2) is 6.61. The molecular formula is C16H22F3N. The maximum Gasteiger partial charge on any atom is 0.403 e. The Kier molecular flexibility index (Phi) is 5.08. The zero-order chi connectivity index (χ0) is 14.6. The molecule has 0 aromatic heterocycles. The number of rotatable bonds is 5. The fraction of sp³-hybridized carbons (Fsp3) is 0.625. The van der Waals surface area contributed by atoms with Gasteiger partial charge in [-0.1, -0.05) is 31.2 Å². The lowest BCUT2D eigenvalue weighted by molar-refractivity contribution is -0.158. The van der Waals surface area contributed by atoms with Crippen LogP contribution in [-0.2, 0) is 6.42 Å². The van der Waals surface area contributed by atoms with E-state index in [1.165, 1.54) is 5.56 Å². The van der Waals surface area contributed by atoms with Crippen molar-refractivity contribution in [2.75, 3.05) is 6.54 Å². The van der Waals surface area contributed by atoms with Crippen LogP contribution in [0.1, 0.15) is 49.7 Å². The summed E-state index contributed by atoms with van der Waals surface area (Å²) in [5.41, 5.74) is 2.34. The normalized spacial score (nSPS) is 20.5. The summed E-state index contributed by atoms with van der Waals surface area (Å²) in [5, 5.41) is 2.66. The van der Waals surface area contributed by atoms with Gasteiger partial charge in [0, 0.05) is 0 Å². The summed E-state index contributed by atoms with van der Waals surface area (Å²) in [5.74, 6) is 0.0240. The van der Waals surface area contributed by atoms with E-state index in [9.17, 15) is 13.2 Å². The molecule has 0 aliphatic heterocycles. The Morgan fingerprint density at radius 1 is 1.30 bits per heavy atom. The molecule has 112 valence electrons. The molecule has 1 N–H and O–H groups in total. The third-order valence-electron chi connectivity index (χ3n) is 4.05. The Morgan fingerprint density at radius 3 is 2.75 bits per heavy atom. The van der Waals surface area contributed by atoms with E-state index in [1.807, 2.05) is 31.2 Å². The third-order valence-corrected chi connectivity index (χ3v) is 4.05. The minimum Gasteiger partial charge on any atom is -0.306 e. The van der Waals surface area contributed by atoms with Gasteiger partial charge in [-0.2, -0.15) is 13.2 Å². The van der Waals surface area contributed by atoms with Crippen LogP contribution in [0.5, 0.6) is 0 Å². The molecule has 0 bridgehead atoms. The molecular weight excluding hydrogens is 263 g/mol. The van der Waals surface area contributed by atoms with E-state index < -0.39 is 12.2 Å². The first-order chi connectivity index (χ1) is 9.52. The molecule has 1 aliphatic carbocycles. The van der Waals surface area contributed by atoms with Crippen LogP contribution in [0.2, 0.25) is 0 Å². The Balaban J connectivity index is 2.11. The molecule has 2 unspecified atom stereocenters. The highest BCUT2D eigenvalue weighted by Gasteiger charge is 2.41. The first-order valence-corrected chi connectivity index (χ1v) is 7.40. The van der Waals surface area contributed by atoms with Gasteiger partial charge in [-0.05, 0) is 55.7 Å². The summed E-state index contributed by atoms with van der Waals surface area (Å²) in [4.78, 5) is 0. The molecule has 20 heavy (non-hydrogen) atoms. The highest BCUT2D eigenvalue weighted by Crippen LogP contribution is 2.37. The molecule has 0 spiro atoms. The summed E-state index contributed by atoms with van der Waals surface area (Å²) in [7, 11) is 0. The zero-order valence-corrected chi connectivity index (χ0v) is 11.8. The maximum absolute atomic E-state index is 13.1. The minimum atomic E-state index is -4.17. The van der Waals surface area contributed by atoms with Crippen molar-refractivity contribution < 1.29 is 13.2 Å². The monoisotopic (exact) mass is 285 g/mol. The Labute approximate surface area is 118 Å². The van der Waals surface area contributed by atoms with Gasteiger partial charge in [-0.3, -0.25) is 0 Å². The molecule has 2 atom stereocenters. The molecule has 0 radical (unpaired) electrons. The topological polar surface area (TPSA) is 12.0 Å². The lowest BCUT2D eigenvalue weighted by atomic mass is 9.79. The molecule has 4 heteroatoms. The molecule has 0 saturated carbocycles. The van der Waals surface area contributed by atoms with Gasteiger partial charge in [0.05, 0.1) is 0 Å². The number of benzene rings is 1. The Morgan fingerprint density at radius 2 is 2.05 bits per heavy atom. The van der Waals surface area contributed by atoms with Gasteiger partial charge in [0.1, 0.15) is 6.04 Å². The van der Waals surface area contributed by atoms with Crippen molar-refractivity contribution in [1.29, 1.82) is 0 Å². The van der Waals surface area contributed by atoms with Crippen LogP contribution in [0.3, 0.4) is 0 Å². The average molecular weight is 285 g/mol. The van der Waals surface area contributed by atoms with E-state index in [4.69, 9.17) is 0 Å². The predicted octanol–water partition coefficient (Wildman–Crippen LogP) is 4.43. The zero-order valence-electron chi connectivity index (χ0n) is 11.8. The summed E-state index contributed by atoms with van der Waals surface area (Å²) in [6.07, 6.45) is -0.459. The highest BCUT2D eigenvalue weighted by atomic mass is 19.4. The third kappa shape index (κ3) is 3.75. The molecule has 1 aliphatic rings. The van der Waals surface area contributed by atoms with Gasteiger partial charge in [-0.15, -0.1) is 0 Å². The van der Waals surface area contributed by atoms with Crippen molar-refractivity contribution in [2.45, 2.75) is 57.2 Å². The van der Waals surface area contributed by atoms with Gasteiger partial charge < -0.3 is 5.32 Å². The van der Waals surface area contributed by atoms with Crippen LogP contribution in [0.4, 0.5) is 13.2 Å². The van der Waals surface area contributed by atoms with Crippen LogP contribution in [0.25, 0.3) is 0 Å². The molecule has 0 amide bonds. The van der Waals surface area contributed by atoms with E-state index >= 15 is 0 Å². The number of alkyl halides is 3. The maximum atomic E-state index is 13.1. The summed E-state index contributed by atoms with van der Waals surface area (Å²) in [6, 6.07) is 6.55. The van der Waals surface area contributed by atoms with Crippen LogP contribution in [0.15, 0.2) is 24.3 Å². The fourth-order valence-corrected chi connectivity index (χ4v) is 3.04. The summed E-state index contributed by atoms with van der Waals surface area (Å²) < 4.78 is 39.3. The summed E-state index contributed by atoms with van der Waals surface area (Å²) >= 11 is 0. The second-order valence-electron chi connectivity index (χ2n) is 5.57. The number of hydrogen-bond acceptors (Lipinski definition) is 1. The van der Waals surface area contributed by atoms with E-state index in [1.54, 1.807) is 0 Å². The smallest absolute Gasteiger partial charge is 0.306 e. The number of fused-ring (bicyclic) bond motifs is 1. The van der Waals surface area contributed by atoms with Crippen molar-refractivity contribution in [2.24, 2.45) is 0 Å². The van der Waals surface area contributed by atoms with Crippen LogP contribution < -0.4 is 5.32 Å². The SMILES string of the molecule is CCCNC(CC1CCCc2ccccc21)C(F)(F)F. The second-order valence-corrected chi connectivity index (χ2v) is 5.57. The first-order valence-electron chi connectivity index (χ1n) is 7.40. The van der Waals surface area contributed by atoms with Crippen molar-refractivity contribution in [3.63, 3.8) is 0 Å². The van der Waals surface area contributed by atoms with Crippen LogP contribution >= 0.6 is 0 Å². The number of halogens is 3. The Hall–Kier alpha value is -1.03. The standard InChI is InChI=1S/C16H22F3N/c1-2-10-20-15(16(17,18)19)11-13-8-5-7-12-6-3-4-9-14(12)13/h3-4,6,9,13,15,20H,2,5,7-8,10-11H2,1H3. The first kappa shape index (κ1) is 15.4. The average Bonchev–Trinajstić information content (AvgIpc) is 2.42. The number of nitrogens with one attached hydrogen (secondary N) is 1. The molecule has 0 saturated heterocycles. The molecule has 0 heterocycles. The number of aryl methyl sites for hydroxylation is 1. The van der Waals surface area contributed by atoms with Crippen molar-refractivity contribution in [3.8, 4) is 0 Å². The molecule has 1 aromatic rings. The lowest BCUT2D eigenvalue weighted by Crippen LogP contribution is -2.43. The van der Waals surface area contributed by atoms with Gasteiger partial charge in [0.25, 0.3) is 0 Å². The number of hydrogen-bond donors (Lipinski definition) is 1. The summed E-state index contributed by atoms with van der Waals surface area (Å²) in [6.45, 7) is 2.30. The van der Waals surface area contributed by atoms with Gasteiger partial charge >= 0.3 is 6.18 Å². The van der Waals surface area contributed by atoms with Crippen LogP contribution in [0, 0.1) is 0 Å². The molecule has 2 rings (SSSR count). The van der Waals surface area contributed by atoms with E-state index in [0.717, 1.165) is 24.8 Å². The Bertz CT molecular complexity index is 428. The fourth-order valence-electron chi connectivity index (χ4n) is 3.04. The highest BCUT2D eigenvalue weighted by molar-refractivity contribution is 5.32. The van der Waals surface area contributed by atoms with Gasteiger partial charge in [-0.25, -0.2) is 0 Å². The molecule has 1 nitrogen and oxygen atoms in total. The molecule has 1 aromatic carbocycles. The van der Waals surface area contributed by atoms with Crippen molar-refractivity contribution in [1.82, 2.24) is 5.32 Å². The quantitative estimate of drug-likeness (QED) is 0.844. The van der Waals surface area contributed by atoms with Gasteiger partial charge in [0.15, 0.2) is 0 Å². The van der Waals surface area contributed by atoms with E-state index in [0.29, 0.717) is 13.0 Å². The molecule has 0 fully saturated rings.